The molecular formula is C22H29N3O3. The van der Waals surface area contributed by atoms with Gasteiger partial charge in [-0.3, -0.25) is 4.79 Å². The predicted molar refractivity (Wildman–Crippen MR) is 108 cm³/mol. The number of hydrogen-bond donors (Lipinski definition) is 1. The summed E-state index contributed by atoms with van der Waals surface area (Å²) in [5, 5.41) is 3.04. The van der Waals surface area contributed by atoms with Crippen LogP contribution < -0.4 is 5.32 Å². The smallest absolute Gasteiger partial charge is 0.410 e. The highest BCUT2D eigenvalue weighted by Crippen LogP contribution is 2.46. The molecule has 0 radical (unpaired) electrons. The standard InChI is InChI=1S/C22H29N3O3/c1-21(2,3)28-20(27)25-13-9-15(10-14-25)16-7-8-17-18(23-16)22(19(26)24-17)11-5-4-6-12-22/h7-9H,4-6,10-14H2,1-3H3,(H,24,26). The second kappa shape index (κ2) is 6.90. The monoisotopic (exact) mass is 383 g/mol. The van der Waals surface area contributed by atoms with Crippen LogP contribution in [-0.2, 0) is 14.9 Å². The SMILES string of the molecule is CC(C)(C)OC(=O)N1CC=C(c2ccc3c(n2)C2(CCCCC2)C(=O)N3)CC1. The average Bonchev–Trinajstić information content (AvgIpc) is 2.92. The Kier molecular flexibility index (Phi) is 4.68. The fraction of sp³-hybridized carbons (Fsp3) is 0.591. The first-order chi connectivity index (χ1) is 13.3. The van der Waals surface area contributed by atoms with Gasteiger partial charge in [-0.05, 0) is 57.7 Å². The van der Waals surface area contributed by atoms with Crippen LogP contribution in [0, 0.1) is 0 Å². The summed E-state index contributed by atoms with van der Waals surface area (Å²) in [6.45, 7) is 6.76. The fourth-order valence-electron chi connectivity index (χ4n) is 4.47. The molecule has 1 aromatic rings. The Morgan fingerprint density at radius 1 is 1.21 bits per heavy atom. The number of pyridine rings is 1. The molecule has 2 aliphatic heterocycles. The van der Waals surface area contributed by atoms with E-state index in [1.165, 1.54) is 6.42 Å². The van der Waals surface area contributed by atoms with Gasteiger partial charge >= 0.3 is 6.09 Å². The van der Waals surface area contributed by atoms with E-state index >= 15 is 0 Å². The largest absolute Gasteiger partial charge is 0.444 e. The van der Waals surface area contributed by atoms with E-state index < -0.39 is 11.0 Å². The van der Waals surface area contributed by atoms with Crippen LogP contribution in [0.25, 0.3) is 5.57 Å². The molecule has 6 nitrogen and oxygen atoms in total. The minimum atomic E-state index is -0.490. The highest BCUT2D eigenvalue weighted by Gasteiger charge is 2.48. The Balaban J connectivity index is 1.54. The molecule has 1 saturated carbocycles. The van der Waals surface area contributed by atoms with Crippen LogP contribution in [-0.4, -0.2) is 40.6 Å². The van der Waals surface area contributed by atoms with Crippen molar-refractivity contribution in [2.45, 2.75) is 70.3 Å². The maximum atomic E-state index is 12.7. The van der Waals surface area contributed by atoms with Gasteiger partial charge in [-0.2, -0.15) is 0 Å². The lowest BCUT2D eigenvalue weighted by molar-refractivity contribution is -0.122. The molecule has 3 heterocycles. The van der Waals surface area contributed by atoms with E-state index in [0.717, 1.165) is 54.8 Å². The van der Waals surface area contributed by atoms with Crippen LogP contribution in [0.1, 0.15) is 70.7 Å². The van der Waals surface area contributed by atoms with Crippen LogP contribution in [0.15, 0.2) is 18.2 Å². The lowest BCUT2D eigenvalue weighted by atomic mass is 9.72. The van der Waals surface area contributed by atoms with Crippen molar-refractivity contribution in [2.24, 2.45) is 0 Å². The first-order valence-electron chi connectivity index (χ1n) is 10.3. The van der Waals surface area contributed by atoms with Gasteiger partial charge in [0.05, 0.1) is 22.5 Å². The maximum Gasteiger partial charge on any atom is 0.410 e. The predicted octanol–water partition coefficient (Wildman–Crippen LogP) is 4.26. The molecular weight excluding hydrogens is 354 g/mol. The van der Waals surface area contributed by atoms with Gasteiger partial charge < -0.3 is 15.0 Å². The number of nitrogens with one attached hydrogen (secondary N) is 1. The highest BCUT2D eigenvalue weighted by molar-refractivity contribution is 6.05. The zero-order valence-corrected chi connectivity index (χ0v) is 17.0. The number of nitrogens with zero attached hydrogens (tertiary/aromatic N) is 2. The van der Waals surface area contributed by atoms with E-state index in [4.69, 9.17) is 9.72 Å². The van der Waals surface area contributed by atoms with Crippen molar-refractivity contribution < 1.29 is 14.3 Å². The molecule has 2 amide bonds. The summed E-state index contributed by atoms with van der Waals surface area (Å²) in [5.74, 6) is 0.112. The number of fused-ring (bicyclic) bond motifs is 2. The molecule has 0 saturated heterocycles. The van der Waals surface area contributed by atoms with Gasteiger partial charge in [-0.1, -0.05) is 25.3 Å². The number of ether oxygens (including phenoxy) is 1. The molecule has 4 rings (SSSR count). The summed E-state index contributed by atoms with van der Waals surface area (Å²) in [6, 6.07) is 3.97. The van der Waals surface area contributed by atoms with E-state index in [-0.39, 0.29) is 12.0 Å². The Labute approximate surface area is 166 Å². The number of amides is 2. The third kappa shape index (κ3) is 3.40. The number of carbonyl (C=O) groups is 2. The van der Waals surface area contributed by atoms with Crippen molar-refractivity contribution in [3.8, 4) is 0 Å². The minimum Gasteiger partial charge on any atom is -0.444 e. The van der Waals surface area contributed by atoms with Gasteiger partial charge in [0.1, 0.15) is 5.60 Å². The summed E-state index contributed by atoms with van der Waals surface area (Å²) in [7, 11) is 0. The van der Waals surface area contributed by atoms with Crippen LogP contribution in [0.3, 0.4) is 0 Å². The number of anilines is 1. The number of rotatable bonds is 1. The van der Waals surface area contributed by atoms with Crippen LogP contribution in [0.4, 0.5) is 10.5 Å². The Hall–Kier alpha value is -2.37. The molecule has 1 fully saturated rings. The van der Waals surface area contributed by atoms with Crippen molar-refractivity contribution in [3.63, 3.8) is 0 Å². The van der Waals surface area contributed by atoms with Crippen LogP contribution >= 0.6 is 0 Å². The van der Waals surface area contributed by atoms with Crippen LogP contribution in [0.5, 0.6) is 0 Å². The van der Waals surface area contributed by atoms with Crippen LogP contribution in [0.2, 0.25) is 0 Å². The molecule has 28 heavy (non-hydrogen) atoms. The van der Waals surface area contributed by atoms with Crippen molar-refractivity contribution in [3.05, 3.63) is 29.6 Å². The van der Waals surface area contributed by atoms with Gasteiger partial charge in [-0.25, -0.2) is 9.78 Å². The molecule has 0 atom stereocenters. The third-order valence-electron chi connectivity index (χ3n) is 5.93. The second-order valence-electron chi connectivity index (χ2n) is 9.10. The maximum absolute atomic E-state index is 12.7. The van der Waals surface area contributed by atoms with E-state index in [0.29, 0.717) is 13.1 Å². The van der Waals surface area contributed by atoms with E-state index in [1.54, 1.807) is 4.90 Å². The van der Waals surface area contributed by atoms with Gasteiger partial charge in [0, 0.05) is 13.1 Å². The summed E-state index contributed by atoms with van der Waals surface area (Å²) in [5.41, 5.74) is 2.90. The Bertz CT molecular complexity index is 832. The third-order valence-corrected chi connectivity index (χ3v) is 5.93. The molecule has 150 valence electrons. The van der Waals surface area contributed by atoms with Crippen molar-refractivity contribution in [1.29, 1.82) is 0 Å². The zero-order chi connectivity index (χ0) is 19.9. The summed E-state index contributed by atoms with van der Waals surface area (Å²) in [4.78, 5) is 31.6. The Morgan fingerprint density at radius 2 is 1.96 bits per heavy atom. The molecule has 0 aromatic carbocycles. The summed E-state index contributed by atoms with van der Waals surface area (Å²) >= 11 is 0. The molecule has 3 aliphatic rings. The quantitative estimate of drug-likeness (QED) is 0.786. The van der Waals surface area contributed by atoms with Gasteiger partial charge in [0.25, 0.3) is 0 Å². The molecule has 1 aliphatic carbocycles. The van der Waals surface area contributed by atoms with Gasteiger partial charge in [0.2, 0.25) is 5.91 Å². The van der Waals surface area contributed by atoms with Crippen molar-refractivity contribution >= 4 is 23.3 Å². The number of hydrogen-bond acceptors (Lipinski definition) is 4. The molecule has 1 N–H and O–H groups in total. The second-order valence-corrected chi connectivity index (χ2v) is 9.10. The molecule has 0 bridgehead atoms. The number of aromatic nitrogens is 1. The first-order valence-corrected chi connectivity index (χ1v) is 10.3. The first kappa shape index (κ1) is 19.0. The topological polar surface area (TPSA) is 71.5 Å². The molecule has 0 unspecified atom stereocenters. The molecule has 6 heteroatoms. The number of carbonyl (C=O) groups excluding carboxylic acids is 2. The van der Waals surface area contributed by atoms with Crippen molar-refractivity contribution in [2.75, 3.05) is 18.4 Å². The zero-order valence-electron chi connectivity index (χ0n) is 17.0. The fourth-order valence-corrected chi connectivity index (χ4v) is 4.47. The normalized spacial score (nSPS) is 21.2. The summed E-state index contributed by atoms with van der Waals surface area (Å²) < 4.78 is 5.46. The minimum absolute atomic E-state index is 0.112. The van der Waals surface area contributed by atoms with E-state index in [9.17, 15) is 9.59 Å². The lowest BCUT2D eigenvalue weighted by Crippen LogP contribution is -2.39. The van der Waals surface area contributed by atoms with E-state index in [2.05, 4.69) is 11.4 Å². The highest BCUT2D eigenvalue weighted by atomic mass is 16.6. The Morgan fingerprint density at radius 3 is 2.61 bits per heavy atom. The molecule has 1 spiro atoms. The van der Waals surface area contributed by atoms with Crippen molar-refractivity contribution in [1.82, 2.24) is 9.88 Å². The molecule has 1 aromatic heterocycles. The van der Waals surface area contributed by atoms with Gasteiger partial charge in [0.15, 0.2) is 0 Å². The summed E-state index contributed by atoms with van der Waals surface area (Å²) in [6.07, 6.45) is 7.62. The van der Waals surface area contributed by atoms with E-state index in [1.807, 2.05) is 32.9 Å². The lowest BCUT2D eigenvalue weighted by Gasteiger charge is -2.31. The van der Waals surface area contributed by atoms with Gasteiger partial charge in [-0.15, -0.1) is 0 Å². The average molecular weight is 383 g/mol.